The van der Waals surface area contributed by atoms with Crippen molar-refractivity contribution in [3.63, 3.8) is 0 Å². The molecule has 6 heteroatoms. The summed E-state index contributed by atoms with van der Waals surface area (Å²) in [6, 6.07) is 9.73. The van der Waals surface area contributed by atoms with E-state index >= 15 is 0 Å². The maximum absolute atomic E-state index is 6.17. The predicted octanol–water partition coefficient (Wildman–Crippen LogP) is 3.41. The van der Waals surface area contributed by atoms with Crippen LogP contribution in [0, 0.1) is 6.92 Å². The van der Waals surface area contributed by atoms with Crippen molar-refractivity contribution in [2.45, 2.75) is 19.9 Å². The number of aryl methyl sites for hydroxylation is 1. The summed E-state index contributed by atoms with van der Waals surface area (Å²) in [4.78, 5) is 11.1. The fourth-order valence-corrected chi connectivity index (χ4v) is 2.36. The highest BCUT2D eigenvalue weighted by molar-refractivity contribution is 6.31. The molecule has 0 aliphatic carbocycles. The molecule has 5 nitrogen and oxygen atoms in total. The predicted molar refractivity (Wildman–Crippen MR) is 97.2 cm³/mol. The van der Waals surface area contributed by atoms with Gasteiger partial charge in [-0.3, -0.25) is 0 Å². The van der Waals surface area contributed by atoms with Gasteiger partial charge in [0.1, 0.15) is 5.82 Å². The fourth-order valence-electron chi connectivity index (χ4n) is 2.16. The summed E-state index contributed by atoms with van der Waals surface area (Å²) in [7, 11) is 4.14. The molecule has 2 rings (SSSR count). The first-order valence-electron chi connectivity index (χ1n) is 7.76. The van der Waals surface area contributed by atoms with Crippen molar-refractivity contribution in [2.75, 3.05) is 37.8 Å². The third-order valence-corrected chi connectivity index (χ3v) is 3.71. The number of nitrogens with one attached hydrogen (secondary N) is 2. The molecular weight excluding hydrogens is 310 g/mol. The van der Waals surface area contributed by atoms with Crippen molar-refractivity contribution in [2.24, 2.45) is 0 Å². The third-order valence-electron chi connectivity index (χ3n) is 3.34. The number of hydrogen-bond donors (Lipinski definition) is 2. The number of nitrogens with zero attached hydrogens (tertiary/aromatic N) is 3. The monoisotopic (exact) mass is 333 g/mol. The second-order valence-corrected chi connectivity index (χ2v) is 6.15. The van der Waals surface area contributed by atoms with Crippen LogP contribution in [0.25, 0.3) is 0 Å². The van der Waals surface area contributed by atoms with E-state index in [-0.39, 0.29) is 0 Å². The second kappa shape index (κ2) is 8.70. The number of hydrogen-bond acceptors (Lipinski definition) is 5. The zero-order valence-electron chi connectivity index (χ0n) is 13.9. The van der Waals surface area contributed by atoms with Gasteiger partial charge in [0.15, 0.2) is 0 Å². The lowest BCUT2D eigenvalue weighted by Gasteiger charge is -2.12. The largest absolute Gasteiger partial charge is 0.366 e. The third kappa shape index (κ3) is 6.04. The highest BCUT2D eigenvalue weighted by atomic mass is 35.5. The molecule has 0 fully saturated rings. The average Bonchev–Trinajstić information content (AvgIpc) is 2.50. The highest BCUT2D eigenvalue weighted by Gasteiger charge is 2.04. The molecule has 0 amide bonds. The van der Waals surface area contributed by atoms with Gasteiger partial charge in [0, 0.05) is 29.9 Å². The van der Waals surface area contributed by atoms with Gasteiger partial charge in [-0.1, -0.05) is 29.8 Å². The molecule has 0 radical (unpaired) electrons. The number of benzene rings is 1. The molecule has 1 heterocycles. The van der Waals surface area contributed by atoms with Gasteiger partial charge in [-0.25, -0.2) is 4.98 Å². The van der Waals surface area contributed by atoms with Crippen molar-refractivity contribution >= 4 is 23.4 Å². The summed E-state index contributed by atoms with van der Waals surface area (Å²) < 4.78 is 0. The molecule has 0 saturated heterocycles. The molecule has 0 aliphatic heterocycles. The number of aromatic nitrogens is 2. The van der Waals surface area contributed by atoms with Crippen LogP contribution in [0.5, 0.6) is 0 Å². The van der Waals surface area contributed by atoms with Gasteiger partial charge in [-0.15, -0.1) is 0 Å². The fraction of sp³-hybridized carbons (Fsp3) is 0.412. The first-order chi connectivity index (χ1) is 11.0. The Kier molecular flexibility index (Phi) is 6.62. The molecule has 0 spiro atoms. The van der Waals surface area contributed by atoms with E-state index in [4.69, 9.17) is 11.6 Å². The van der Waals surface area contributed by atoms with Gasteiger partial charge >= 0.3 is 0 Å². The van der Waals surface area contributed by atoms with E-state index < -0.39 is 0 Å². The van der Waals surface area contributed by atoms with Gasteiger partial charge in [0.05, 0.1) is 0 Å². The lowest BCUT2D eigenvalue weighted by Crippen LogP contribution is -2.17. The maximum atomic E-state index is 6.17. The number of anilines is 2. The molecule has 1 aromatic heterocycles. The molecule has 0 aliphatic rings. The molecular formula is C17H24ClN5. The van der Waals surface area contributed by atoms with Crippen LogP contribution in [0.1, 0.15) is 17.7 Å². The summed E-state index contributed by atoms with van der Waals surface area (Å²) in [5.41, 5.74) is 1.97. The first kappa shape index (κ1) is 17.5. The van der Waals surface area contributed by atoms with Gasteiger partial charge in [0.25, 0.3) is 0 Å². The van der Waals surface area contributed by atoms with Crippen LogP contribution < -0.4 is 10.6 Å². The van der Waals surface area contributed by atoms with Crippen molar-refractivity contribution < 1.29 is 0 Å². The highest BCUT2D eigenvalue weighted by Crippen LogP contribution is 2.17. The molecule has 23 heavy (non-hydrogen) atoms. The van der Waals surface area contributed by atoms with Crippen LogP contribution in [0.3, 0.4) is 0 Å². The Labute approximate surface area is 143 Å². The molecule has 0 atom stereocenters. The van der Waals surface area contributed by atoms with Gasteiger partial charge in [-0.2, -0.15) is 4.98 Å². The van der Waals surface area contributed by atoms with Crippen LogP contribution in [0.15, 0.2) is 30.3 Å². The Bertz CT molecular complexity index is 630. The van der Waals surface area contributed by atoms with E-state index in [0.29, 0.717) is 12.5 Å². The summed E-state index contributed by atoms with van der Waals surface area (Å²) in [5.74, 6) is 1.46. The Morgan fingerprint density at radius 2 is 1.91 bits per heavy atom. The quantitative estimate of drug-likeness (QED) is 0.725. The SMILES string of the molecule is Cc1cc(NCc2ccccc2Cl)nc(NCCCN(C)C)n1. The van der Waals surface area contributed by atoms with Crippen molar-refractivity contribution in [1.82, 2.24) is 14.9 Å². The smallest absolute Gasteiger partial charge is 0.224 e. The van der Waals surface area contributed by atoms with E-state index in [1.165, 1.54) is 0 Å². The minimum Gasteiger partial charge on any atom is -0.366 e. The van der Waals surface area contributed by atoms with Crippen LogP contribution in [0.4, 0.5) is 11.8 Å². The molecule has 1 aromatic carbocycles. The minimum absolute atomic E-state index is 0.635. The van der Waals surface area contributed by atoms with Crippen LogP contribution in [-0.2, 0) is 6.54 Å². The van der Waals surface area contributed by atoms with E-state index in [0.717, 1.165) is 41.6 Å². The summed E-state index contributed by atoms with van der Waals surface area (Å²) in [6.45, 7) is 4.49. The second-order valence-electron chi connectivity index (χ2n) is 5.75. The van der Waals surface area contributed by atoms with Crippen LogP contribution >= 0.6 is 11.6 Å². The van der Waals surface area contributed by atoms with Crippen molar-refractivity contribution in [1.29, 1.82) is 0 Å². The summed E-state index contributed by atoms with van der Waals surface area (Å²) in [6.07, 6.45) is 1.05. The van der Waals surface area contributed by atoms with Crippen molar-refractivity contribution in [3.8, 4) is 0 Å². The molecule has 2 aromatic rings. The van der Waals surface area contributed by atoms with E-state index in [1.54, 1.807) is 0 Å². The van der Waals surface area contributed by atoms with Crippen LogP contribution in [-0.4, -0.2) is 42.1 Å². The minimum atomic E-state index is 0.635. The van der Waals surface area contributed by atoms with Crippen molar-refractivity contribution in [3.05, 3.63) is 46.6 Å². The standard InChI is InChI=1S/C17H24ClN5/c1-13-11-16(20-12-14-7-4-5-8-15(14)18)22-17(21-13)19-9-6-10-23(2)3/h4-5,7-8,11H,6,9-10,12H2,1-3H3,(H2,19,20,21,22). The molecule has 2 N–H and O–H groups in total. The zero-order valence-corrected chi connectivity index (χ0v) is 14.7. The Balaban J connectivity index is 1.93. The number of rotatable bonds is 8. The molecule has 0 bridgehead atoms. The Morgan fingerprint density at radius 1 is 1.13 bits per heavy atom. The van der Waals surface area contributed by atoms with Gasteiger partial charge in [-0.05, 0) is 45.6 Å². The molecule has 124 valence electrons. The zero-order chi connectivity index (χ0) is 16.7. The van der Waals surface area contributed by atoms with Crippen LogP contribution in [0.2, 0.25) is 5.02 Å². The summed E-state index contributed by atoms with van der Waals surface area (Å²) >= 11 is 6.17. The van der Waals surface area contributed by atoms with Gasteiger partial charge < -0.3 is 15.5 Å². The number of halogens is 1. The first-order valence-corrected chi connectivity index (χ1v) is 8.14. The normalized spacial score (nSPS) is 10.8. The van der Waals surface area contributed by atoms with E-state index in [2.05, 4.69) is 39.6 Å². The topological polar surface area (TPSA) is 53.1 Å². The molecule has 0 unspecified atom stereocenters. The summed E-state index contributed by atoms with van der Waals surface area (Å²) in [5, 5.41) is 7.34. The van der Waals surface area contributed by atoms with Gasteiger partial charge in [0.2, 0.25) is 5.95 Å². The Hall–Kier alpha value is -1.85. The average molecular weight is 334 g/mol. The van der Waals surface area contributed by atoms with E-state index in [9.17, 15) is 0 Å². The molecule has 0 saturated carbocycles. The maximum Gasteiger partial charge on any atom is 0.224 e. The Morgan fingerprint density at radius 3 is 2.65 bits per heavy atom. The lowest BCUT2D eigenvalue weighted by atomic mass is 10.2. The van der Waals surface area contributed by atoms with E-state index in [1.807, 2.05) is 37.3 Å². The lowest BCUT2D eigenvalue weighted by molar-refractivity contribution is 0.405.